The molecule has 7 nitrogen and oxygen atoms in total. The number of nitrogens with zero attached hydrogens (tertiary/aromatic N) is 2. The number of primary amides is 1. The molecule has 17 heavy (non-hydrogen) atoms. The Morgan fingerprint density at radius 2 is 2.24 bits per heavy atom. The van der Waals surface area contributed by atoms with Crippen LogP contribution in [-0.4, -0.2) is 30.7 Å². The van der Waals surface area contributed by atoms with Crippen LogP contribution in [0.1, 0.15) is 10.4 Å². The molecule has 90 valence electrons. The van der Waals surface area contributed by atoms with Crippen molar-refractivity contribution in [3.63, 3.8) is 0 Å². The molecule has 1 rings (SSSR count). The van der Waals surface area contributed by atoms with Gasteiger partial charge in [0.25, 0.3) is 5.69 Å². The van der Waals surface area contributed by atoms with Gasteiger partial charge in [-0.25, -0.2) is 0 Å². The maximum atomic E-state index is 10.7. The molecule has 0 aromatic heterocycles. The number of hydrogen-bond donors (Lipinski definition) is 1. The van der Waals surface area contributed by atoms with Crippen molar-refractivity contribution < 1.29 is 14.5 Å². The summed E-state index contributed by atoms with van der Waals surface area (Å²) in [6.07, 6.45) is 0.403. The van der Waals surface area contributed by atoms with Crippen LogP contribution in [0.5, 0.6) is 0 Å². The first kappa shape index (κ1) is 12.6. The van der Waals surface area contributed by atoms with Crippen LogP contribution in [0.25, 0.3) is 0 Å². The highest BCUT2D eigenvalue weighted by Crippen LogP contribution is 2.22. The molecule has 1 aromatic carbocycles. The van der Waals surface area contributed by atoms with Crippen LogP contribution in [0.3, 0.4) is 0 Å². The van der Waals surface area contributed by atoms with Crippen LogP contribution in [-0.2, 0) is 4.79 Å². The van der Waals surface area contributed by atoms with E-state index in [0.717, 1.165) is 0 Å². The van der Waals surface area contributed by atoms with Crippen molar-refractivity contribution in [1.82, 2.24) is 0 Å². The van der Waals surface area contributed by atoms with Crippen molar-refractivity contribution in [3.05, 3.63) is 33.9 Å². The molecule has 0 fully saturated rings. The van der Waals surface area contributed by atoms with Gasteiger partial charge in [-0.05, 0) is 12.1 Å². The molecule has 0 unspecified atom stereocenters. The van der Waals surface area contributed by atoms with E-state index in [-0.39, 0.29) is 17.8 Å². The van der Waals surface area contributed by atoms with Gasteiger partial charge in [0, 0.05) is 18.8 Å². The summed E-state index contributed by atoms with van der Waals surface area (Å²) in [6.45, 7) is -0.0316. The van der Waals surface area contributed by atoms with Crippen LogP contribution >= 0.6 is 0 Å². The number of rotatable bonds is 5. The van der Waals surface area contributed by atoms with E-state index in [9.17, 15) is 19.7 Å². The smallest absolute Gasteiger partial charge is 0.280 e. The van der Waals surface area contributed by atoms with E-state index in [1.807, 2.05) is 0 Å². The van der Waals surface area contributed by atoms with Crippen molar-refractivity contribution in [1.29, 1.82) is 0 Å². The Kier molecular flexibility index (Phi) is 3.76. The number of benzene rings is 1. The van der Waals surface area contributed by atoms with Gasteiger partial charge < -0.3 is 10.6 Å². The molecule has 0 aliphatic heterocycles. The predicted octanol–water partition coefficient (Wildman–Crippen LogP) is 0.329. The van der Waals surface area contributed by atoms with Gasteiger partial charge in [0.05, 0.1) is 17.0 Å². The fourth-order valence-corrected chi connectivity index (χ4v) is 1.37. The first-order valence-corrected chi connectivity index (χ1v) is 4.68. The summed E-state index contributed by atoms with van der Waals surface area (Å²) in [5.41, 5.74) is 5.23. The van der Waals surface area contributed by atoms with Gasteiger partial charge in [0.15, 0.2) is 6.29 Å². The van der Waals surface area contributed by atoms with E-state index < -0.39 is 10.8 Å². The Bertz CT molecular complexity index is 473. The van der Waals surface area contributed by atoms with Crippen molar-refractivity contribution in [3.8, 4) is 0 Å². The molecule has 2 N–H and O–H groups in total. The highest BCUT2D eigenvalue weighted by molar-refractivity contribution is 5.85. The fraction of sp³-hybridized carbons (Fsp3) is 0.200. The minimum atomic E-state index is -0.637. The van der Waals surface area contributed by atoms with Gasteiger partial charge >= 0.3 is 0 Å². The van der Waals surface area contributed by atoms with Crippen molar-refractivity contribution in [2.24, 2.45) is 5.73 Å². The van der Waals surface area contributed by atoms with E-state index in [1.54, 1.807) is 7.05 Å². The minimum absolute atomic E-state index is 0.0316. The summed E-state index contributed by atoms with van der Waals surface area (Å²) >= 11 is 0. The Morgan fingerprint density at radius 1 is 1.59 bits per heavy atom. The normalized spacial score (nSPS) is 9.71. The molecule has 0 atom stereocenters. The average molecular weight is 237 g/mol. The monoisotopic (exact) mass is 237 g/mol. The Hall–Kier alpha value is -2.44. The molecular formula is C10H11N3O4. The lowest BCUT2D eigenvalue weighted by Crippen LogP contribution is -2.30. The van der Waals surface area contributed by atoms with Crippen LogP contribution in [0.15, 0.2) is 18.2 Å². The lowest BCUT2D eigenvalue weighted by Gasteiger charge is -2.17. The molecule has 7 heteroatoms. The Morgan fingerprint density at radius 3 is 2.71 bits per heavy atom. The summed E-state index contributed by atoms with van der Waals surface area (Å²) in [6, 6.07) is 4.01. The second-order valence-electron chi connectivity index (χ2n) is 3.44. The Labute approximate surface area is 97.0 Å². The standard InChI is InChI=1S/C10H11N3O4/c1-12(5-10(11)15)8-2-3-9(13(16)17)7(4-8)6-14/h2-4,6H,5H2,1H3,(H2,11,15). The van der Waals surface area contributed by atoms with E-state index >= 15 is 0 Å². The summed E-state index contributed by atoms with van der Waals surface area (Å²) in [4.78, 5) is 32.9. The highest BCUT2D eigenvalue weighted by Gasteiger charge is 2.15. The SMILES string of the molecule is CN(CC(N)=O)c1ccc([N+](=O)[O-])c(C=O)c1. The fourth-order valence-electron chi connectivity index (χ4n) is 1.37. The van der Waals surface area contributed by atoms with E-state index in [4.69, 9.17) is 5.73 Å². The quantitative estimate of drug-likeness (QED) is 0.451. The van der Waals surface area contributed by atoms with E-state index in [2.05, 4.69) is 0 Å². The van der Waals surface area contributed by atoms with Gasteiger partial charge in [0.1, 0.15) is 0 Å². The molecule has 1 aromatic rings. The van der Waals surface area contributed by atoms with Crippen molar-refractivity contribution in [2.75, 3.05) is 18.5 Å². The number of carbonyl (C=O) groups is 2. The number of carbonyl (C=O) groups excluding carboxylic acids is 2. The predicted molar refractivity (Wildman–Crippen MR) is 60.9 cm³/mol. The average Bonchev–Trinajstić information content (AvgIpc) is 2.27. The summed E-state index contributed by atoms with van der Waals surface area (Å²) in [5.74, 6) is -0.529. The third kappa shape index (κ3) is 3.00. The number of nitro groups is 1. The largest absolute Gasteiger partial charge is 0.368 e. The first-order chi connectivity index (χ1) is 7.95. The molecule has 0 saturated heterocycles. The summed E-state index contributed by atoms with van der Waals surface area (Å²) < 4.78 is 0. The molecular weight excluding hydrogens is 226 g/mol. The van der Waals surface area contributed by atoms with Crippen LogP contribution < -0.4 is 10.6 Å². The van der Waals surface area contributed by atoms with Crippen LogP contribution in [0, 0.1) is 10.1 Å². The number of nitrogens with two attached hydrogens (primary N) is 1. The number of anilines is 1. The Balaban J connectivity index is 3.09. The molecule has 0 heterocycles. The number of aldehydes is 1. The van der Waals surface area contributed by atoms with Crippen molar-refractivity contribution >= 4 is 23.6 Å². The molecule has 0 aliphatic carbocycles. The topological polar surface area (TPSA) is 107 Å². The maximum Gasteiger partial charge on any atom is 0.280 e. The lowest BCUT2D eigenvalue weighted by molar-refractivity contribution is -0.385. The van der Waals surface area contributed by atoms with E-state index in [1.165, 1.54) is 23.1 Å². The number of nitro benzene ring substituents is 1. The second kappa shape index (κ2) is 5.06. The minimum Gasteiger partial charge on any atom is -0.368 e. The first-order valence-electron chi connectivity index (χ1n) is 4.68. The molecule has 0 aliphatic rings. The number of amides is 1. The zero-order valence-corrected chi connectivity index (χ0v) is 9.12. The summed E-state index contributed by atoms with van der Waals surface area (Å²) in [7, 11) is 1.60. The third-order valence-electron chi connectivity index (χ3n) is 2.17. The molecule has 0 radical (unpaired) electrons. The lowest BCUT2D eigenvalue weighted by atomic mass is 10.1. The van der Waals surface area contributed by atoms with Gasteiger partial charge in [-0.15, -0.1) is 0 Å². The van der Waals surface area contributed by atoms with Gasteiger partial charge in [-0.1, -0.05) is 0 Å². The maximum absolute atomic E-state index is 10.7. The third-order valence-corrected chi connectivity index (χ3v) is 2.17. The number of likely N-dealkylation sites (N-methyl/N-ethyl adjacent to an activating group) is 1. The second-order valence-corrected chi connectivity index (χ2v) is 3.44. The van der Waals surface area contributed by atoms with Gasteiger partial charge in [-0.2, -0.15) is 0 Å². The molecule has 1 amide bonds. The van der Waals surface area contributed by atoms with E-state index in [0.29, 0.717) is 12.0 Å². The number of hydrogen-bond acceptors (Lipinski definition) is 5. The van der Waals surface area contributed by atoms with Gasteiger partial charge in [-0.3, -0.25) is 19.7 Å². The van der Waals surface area contributed by atoms with Crippen LogP contribution in [0.2, 0.25) is 0 Å². The zero-order chi connectivity index (χ0) is 13.0. The zero-order valence-electron chi connectivity index (χ0n) is 9.12. The molecule has 0 saturated carbocycles. The molecule has 0 bridgehead atoms. The summed E-state index contributed by atoms with van der Waals surface area (Å²) in [5, 5.41) is 10.6. The molecule has 0 spiro atoms. The van der Waals surface area contributed by atoms with Gasteiger partial charge in [0.2, 0.25) is 5.91 Å². The van der Waals surface area contributed by atoms with Crippen molar-refractivity contribution in [2.45, 2.75) is 0 Å². The highest BCUT2D eigenvalue weighted by atomic mass is 16.6. The van der Waals surface area contributed by atoms with Crippen LogP contribution in [0.4, 0.5) is 11.4 Å².